The van der Waals surface area contributed by atoms with E-state index in [0.717, 1.165) is 52.4 Å². The zero-order valence-electron chi connectivity index (χ0n) is 14.2. The molecule has 28 heavy (non-hydrogen) atoms. The first-order valence-corrected chi connectivity index (χ1v) is 10.2. The van der Waals surface area contributed by atoms with Crippen LogP contribution in [-0.2, 0) is 0 Å². The van der Waals surface area contributed by atoms with Gasteiger partial charge in [-0.25, -0.2) is 0 Å². The van der Waals surface area contributed by atoms with Crippen LogP contribution >= 0.6 is 22.7 Å². The van der Waals surface area contributed by atoms with Gasteiger partial charge in [0.15, 0.2) is 0 Å². The Kier molecular flexibility index (Phi) is 3.02. The first kappa shape index (κ1) is 15.5. The second-order valence-corrected chi connectivity index (χ2v) is 8.52. The maximum Gasteiger partial charge on any atom is 0.206 e. The van der Waals surface area contributed by atoms with Crippen LogP contribution in [0.4, 0.5) is 0 Å². The normalized spacial score (nSPS) is 13.4. The second kappa shape index (κ2) is 5.46. The zero-order valence-corrected chi connectivity index (χ0v) is 15.9. The van der Waals surface area contributed by atoms with E-state index in [1.165, 1.54) is 9.40 Å². The fourth-order valence-corrected chi connectivity index (χ4v) is 7.08. The van der Waals surface area contributed by atoms with Gasteiger partial charge in [0.25, 0.3) is 0 Å². The lowest BCUT2D eigenvalue weighted by molar-refractivity contribution is 1.38. The van der Waals surface area contributed by atoms with Gasteiger partial charge in [0.05, 0.1) is 18.8 Å². The van der Waals surface area contributed by atoms with Crippen molar-refractivity contribution in [2.24, 2.45) is 9.98 Å². The number of thiophene rings is 2. The molecule has 0 unspecified atom stereocenters. The van der Waals surface area contributed by atoms with Crippen molar-refractivity contribution in [2.75, 3.05) is 0 Å². The molecule has 4 aromatic carbocycles. The van der Waals surface area contributed by atoms with Gasteiger partial charge in [-0.3, -0.25) is 0 Å². The fraction of sp³-hybridized carbons (Fsp3) is 0. The minimum absolute atomic E-state index is 0.757. The lowest BCUT2D eigenvalue weighted by Crippen LogP contribution is -1.95. The van der Waals surface area contributed by atoms with Crippen molar-refractivity contribution in [2.45, 2.75) is 0 Å². The highest BCUT2D eigenvalue weighted by atomic mass is 32.1. The molecule has 0 aliphatic rings. The van der Waals surface area contributed by atoms with Gasteiger partial charge in [0.2, 0.25) is 12.4 Å². The van der Waals surface area contributed by atoms with E-state index >= 15 is 0 Å². The van der Waals surface area contributed by atoms with Gasteiger partial charge in [-0.1, -0.05) is 48.5 Å². The molecular formula is C22H8N4S2. The van der Waals surface area contributed by atoms with Crippen LogP contribution in [0.5, 0.6) is 0 Å². The first-order valence-electron chi connectivity index (χ1n) is 8.56. The monoisotopic (exact) mass is 392 g/mol. The number of nitriles is 2. The molecule has 6 aromatic rings. The van der Waals surface area contributed by atoms with Crippen molar-refractivity contribution in [3.05, 3.63) is 59.2 Å². The summed E-state index contributed by atoms with van der Waals surface area (Å²) >= 11 is 3.35. The molecule has 6 rings (SSSR count). The van der Waals surface area contributed by atoms with E-state index in [-0.39, 0.29) is 0 Å². The van der Waals surface area contributed by atoms with Crippen LogP contribution in [-0.4, -0.2) is 0 Å². The predicted octanol–water partition coefficient (Wildman–Crippen LogP) is 5.21. The Labute approximate surface area is 165 Å². The molecule has 0 fully saturated rings. The minimum atomic E-state index is 0.757. The Morgan fingerprint density at radius 1 is 0.571 bits per heavy atom. The van der Waals surface area contributed by atoms with E-state index in [4.69, 9.17) is 0 Å². The van der Waals surface area contributed by atoms with E-state index in [0.29, 0.717) is 0 Å². The molecule has 0 bridgehead atoms. The highest BCUT2D eigenvalue weighted by molar-refractivity contribution is 7.37. The molecule has 6 heteroatoms. The third kappa shape index (κ3) is 1.76. The Morgan fingerprint density at radius 2 is 0.964 bits per heavy atom. The van der Waals surface area contributed by atoms with Crippen molar-refractivity contribution in [3.63, 3.8) is 0 Å². The number of fused-ring (bicyclic) bond motifs is 9. The molecule has 0 amide bonds. The average molecular weight is 392 g/mol. The highest BCUT2D eigenvalue weighted by Crippen LogP contribution is 2.47. The molecule has 0 N–H and O–H groups in total. The van der Waals surface area contributed by atoms with Crippen LogP contribution in [0.15, 0.2) is 58.5 Å². The standard InChI is InChI=1S/C22H8N4S2/c23-9-25-17-13-7-3-1-5-11(13)15-19(17)27-22-16-12-6-2-4-8-14(12)18(26-10-24)20(16)28-21(15)22/h1-8H/b25-17+,26-18+. The molecule has 2 aromatic heterocycles. The molecule has 128 valence electrons. The van der Waals surface area contributed by atoms with Crippen LogP contribution in [0.2, 0.25) is 0 Å². The van der Waals surface area contributed by atoms with Gasteiger partial charge in [-0.05, 0) is 10.8 Å². The van der Waals surface area contributed by atoms with Gasteiger partial charge in [0, 0.05) is 21.5 Å². The summed E-state index contributed by atoms with van der Waals surface area (Å²) in [6.45, 7) is 0. The lowest BCUT2D eigenvalue weighted by Gasteiger charge is -1.90. The van der Waals surface area contributed by atoms with Crippen molar-refractivity contribution in [1.29, 1.82) is 10.5 Å². The van der Waals surface area contributed by atoms with E-state index < -0.39 is 0 Å². The molecule has 0 atom stereocenters. The second-order valence-electron chi connectivity index (χ2n) is 6.48. The van der Waals surface area contributed by atoms with Gasteiger partial charge >= 0.3 is 0 Å². The van der Waals surface area contributed by atoms with Crippen molar-refractivity contribution < 1.29 is 0 Å². The number of nitrogens with zero attached hydrogens (tertiary/aromatic N) is 4. The van der Waals surface area contributed by atoms with Crippen molar-refractivity contribution >= 4 is 73.8 Å². The summed E-state index contributed by atoms with van der Waals surface area (Å²) < 4.78 is 4.46. The minimum Gasteiger partial charge on any atom is -0.172 e. The summed E-state index contributed by atoms with van der Waals surface area (Å²) in [5, 5.41) is 26.5. The number of hydrogen-bond acceptors (Lipinski definition) is 6. The number of benzene rings is 2. The Morgan fingerprint density at radius 3 is 1.36 bits per heavy atom. The quantitative estimate of drug-likeness (QED) is 0.333. The number of hydrogen-bond donors (Lipinski definition) is 0. The molecule has 0 aliphatic carbocycles. The van der Waals surface area contributed by atoms with E-state index in [2.05, 4.69) is 22.1 Å². The Hall–Kier alpha value is -3.58. The lowest BCUT2D eigenvalue weighted by atomic mass is 10.2. The summed E-state index contributed by atoms with van der Waals surface area (Å²) in [6, 6.07) is 16.2. The van der Waals surface area contributed by atoms with Gasteiger partial charge < -0.3 is 0 Å². The van der Waals surface area contributed by atoms with E-state index in [1.807, 2.05) is 48.8 Å². The van der Waals surface area contributed by atoms with Crippen molar-refractivity contribution in [3.8, 4) is 12.4 Å². The molecule has 4 nitrogen and oxygen atoms in total. The summed E-state index contributed by atoms with van der Waals surface area (Å²) in [7, 11) is 0. The van der Waals surface area contributed by atoms with Crippen LogP contribution in [0, 0.1) is 22.9 Å². The van der Waals surface area contributed by atoms with E-state index in [1.54, 1.807) is 22.7 Å². The maximum absolute atomic E-state index is 9.21. The largest absolute Gasteiger partial charge is 0.206 e. The molecule has 2 heterocycles. The van der Waals surface area contributed by atoms with Crippen LogP contribution in [0.25, 0.3) is 51.1 Å². The zero-order chi connectivity index (χ0) is 18.8. The average Bonchev–Trinajstić information content (AvgIpc) is 3.41. The fourth-order valence-electron chi connectivity index (χ4n) is 4.14. The summed E-state index contributed by atoms with van der Waals surface area (Å²) in [4.78, 5) is 8.27. The molecule has 0 radical (unpaired) electrons. The SMILES string of the molecule is N#C/N=c1\c2ccccc2c2c1sc1c2sc2/c(=N/C#N)c3ccccc3c21. The van der Waals surface area contributed by atoms with Gasteiger partial charge in [-0.15, -0.1) is 22.7 Å². The predicted molar refractivity (Wildman–Crippen MR) is 114 cm³/mol. The maximum atomic E-state index is 9.21. The van der Waals surface area contributed by atoms with Crippen LogP contribution < -0.4 is 10.7 Å². The molecular weight excluding hydrogens is 384 g/mol. The summed E-state index contributed by atoms with van der Waals surface area (Å²) in [5.41, 5.74) is 0. The van der Waals surface area contributed by atoms with Gasteiger partial charge in [-0.2, -0.15) is 20.5 Å². The summed E-state index contributed by atoms with van der Waals surface area (Å²) in [6.07, 6.45) is 3.93. The first-order chi connectivity index (χ1) is 13.8. The van der Waals surface area contributed by atoms with E-state index in [9.17, 15) is 10.5 Å². The third-order valence-electron chi connectivity index (χ3n) is 5.18. The van der Waals surface area contributed by atoms with Crippen LogP contribution in [0.1, 0.15) is 0 Å². The highest BCUT2D eigenvalue weighted by Gasteiger charge is 2.22. The van der Waals surface area contributed by atoms with Crippen LogP contribution in [0.3, 0.4) is 0 Å². The van der Waals surface area contributed by atoms with Crippen molar-refractivity contribution in [1.82, 2.24) is 0 Å². The summed E-state index contributed by atoms with van der Waals surface area (Å²) in [5.74, 6) is 0. The smallest absolute Gasteiger partial charge is 0.172 e. The number of rotatable bonds is 0. The molecule has 0 spiro atoms. The topological polar surface area (TPSA) is 72.3 Å². The molecule has 0 saturated heterocycles. The Balaban J connectivity index is 1.96. The third-order valence-corrected chi connectivity index (χ3v) is 7.74. The molecule has 0 saturated carbocycles. The molecule has 0 aliphatic heterocycles. The Bertz CT molecular complexity index is 1660. The van der Waals surface area contributed by atoms with Gasteiger partial charge in [0.1, 0.15) is 10.7 Å².